The Morgan fingerprint density at radius 2 is 2.60 bits per heavy atom. The Hall–Kier alpha value is -1.01. The van der Waals surface area contributed by atoms with E-state index >= 15 is 0 Å². The molecule has 0 saturated carbocycles. The van der Waals surface area contributed by atoms with E-state index in [1.807, 2.05) is 6.92 Å². The highest BCUT2D eigenvalue weighted by Gasteiger charge is 2.20. The molecule has 82 valence electrons. The lowest BCUT2D eigenvalue weighted by atomic mass is 10.2. The van der Waals surface area contributed by atoms with Gasteiger partial charge in [-0.15, -0.1) is 5.10 Å². The minimum absolute atomic E-state index is 0.0319. The highest BCUT2D eigenvalue weighted by atomic mass is 32.1. The topological polar surface area (TPSA) is 66.9 Å². The minimum Gasteiger partial charge on any atom is -0.347 e. The third kappa shape index (κ3) is 2.32. The van der Waals surface area contributed by atoms with Crippen molar-refractivity contribution >= 4 is 17.4 Å². The predicted molar refractivity (Wildman–Crippen MR) is 58.0 cm³/mol. The summed E-state index contributed by atoms with van der Waals surface area (Å²) >= 11 is 1.17. The first kappa shape index (κ1) is 10.5. The van der Waals surface area contributed by atoms with Crippen LogP contribution in [0, 0.1) is 0 Å². The van der Waals surface area contributed by atoms with Crippen LogP contribution in [0.15, 0.2) is 0 Å². The number of carbonyl (C=O) groups excluding carboxylic acids is 1. The van der Waals surface area contributed by atoms with Gasteiger partial charge in [0.2, 0.25) is 0 Å². The molecule has 0 bridgehead atoms. The Balaban J connectivity index is 2.00. The van der Waals surface area contributed by atoms with Gasteiger partial charge in [-0.25, -0.2) is 0 Å². The molecule has 0 aliphatic carbocycles. The standard InChI is InChI=1S/C9H14N4OS/c1-2-7-8(15-13-12-7)9(14)11-6-3-4-10-5-6/h6,10H,2-5H2,1H3,(H,11,14)/t6-/m0/s1. The highest BCUT2D eigenvalue weighted by Crippen LogP contribution is 2.11. The third-order valence-electron chi connectivity index (χ3n) is 2.49. The summed E-state index contributed by atoms with van der Waals surface area (Å²) < 4.78 is 3.80. The molecule has 1 saturated heterocycles. The average molecular weight is 226 g/mol. The maximum atomic E-state index is 11.8. The van der Waals surface area contributed by atoms with Crippen LogP contribution in [0.5, 0.6) is 0 Å². The molecule has 2 heterocycles. The second-order valence-corrected chi connectivity index (χ2v) is 4.32. The SMILES string of the molecule is CCc1nnsc1C(=O)N[C@H]1CCNC1. The van der Waals surface area contributed by atoms with Gasteiger partial charge in [0.25, 0.3) is 5.91 Å². The second-order valence-electron chi connectivity index (χ2n) is 3.57. The summed E-state index contributed by atoms with van der Waals surface area (Å²) in [5, 5.41) is 10.1. The normalized spacial score (nSPS) is 20.5. The van der Waals surface area contributed by atoms with Crippen LogP contribution in [-0.2, 0) is 6.42 Å². The molecular weight excluding hydrogens is 212 g/mol. The molecule has 0 unspecified atom stereocenters. The molecule has 1 atom stereocenters. The zero-order chi connectivity index (χ0) is 10.7. The van der Waals surface area contributed by atoms with Crippen molar-refractivity contribution in [3.8, 4) is 0 Å². The molecule has 0 spiro atoms. The minimum atomic E-state index is -0.0319. The summed E-state index contributed by atoms with van der Waals surface area (Å²) in [6.07, 6.45) is 1.75. The van der Waals surface area contributed by atoms with E-state index < -0.39 is 0 Å². The fraction of sp³-hybridized carbons (Fsp3) is 0.667. The summed E-state index contributed by atoms with van der Waals surface area (Å²) in [4.78, 5) is 12.5. The molecule has 2 N–H and O–H groups in total. The highest BCUT2D eigenvalue weighted by molar-refractivity contribution is 7.08. The molecule has 0 aromatic carbocycles. The fourth-order valence-corrected chi connectivity index (χ4v) is 2.29. The van der Waals surface area contributed by atoms with Crippen molar-refractivity contribution in [1.82, 2.24) is 20.2 Å². The number of amides is 1. The van der Waals surface area contributed by atoms with Crippen LogP contribution in [0.3, 0.4) is 0 Å². The zero-order valence-electron chi connectivity index (χ0n) is 8.62. The van der Waals surface area contributed by atoms with Crippen LogP contribution in [0.2, 0.25) is 0 Å². The molecule has 1 amide bonds. The summed E-state index contributed by atoms with van der Waals surface area (Å²) in [6.45, 7) is 3.82. The molecule has 6 heteroatoms. The Morgan fingerprint density at radius 1 is 1.73 bits per heavy atom. The Morgan fingerprint density at radius 3 is 3.27 bits per heavy atom. The number of hydrogen-bond acceptors (Lipinski definition) is 5. The lowest BCUT2D eigenvalue weighted by Gasteiger charge is -2.09. The van der Waals surface area contributed by atoms with Crippen molar-refractivity contribution in [2.75, 3.05) is 13.1 Å². The predicted octanol–water partition coefficient (Wildman–Crippen LogP) is 0.192. The molecule has 2 rings (SSSR count). The van der Waals surface area contributed by atoms with Crippen LogP contribution < -0.4 is 10.6 Å². The van der Waals surface area contributed by atoms with Gasteiger partial charge in [-0.05, 0) is 30.9 Å². The summed E-state index contributed by atoms with van der Waals surface area (Å²) in [5.41, 5.74) is 0.795. The number of nitrogens with zero attached hydrogens (tertiary/aromatic N) is 2. The molecular formula is C9H14N4OS. The van der Waals surface area contributed by atoms with Crippen molar-refractivity contribution < 1.29 is 4.79 Å². The van der Waals surface area contributed by atoms with Gasteiger partial charge in [0, 0.05) is 12.6 Å². The molecule has 15 heavy (non-hydrogen) atoms. The molecule has 1 aliphatic rings. The molecule has 0 radical (unpaired) electrons. The molecule has 1 aromatic rings. The second kappa shape index (κ2) is 4.67. The smallest absolute Gasteiger partial charge is 0.265 e. The molecule has 1 aliphatic heterocycles. The van der Waals surface area contributed by atoms with Gasteiger partial charge < -0.3 is 10.6 Å². The van der Waals surface area contributed by atoms with Crippen molar-refractivity contribution in [3.05, 3.63) is 10.6 Å². The Labute approximate surface area is 92.4 Å². The maximum absolute atomic E-state index is 11.8. The van der Waals surface area contributed by atoms with Crippen molar-refractivity contribution in [2.24, 2.45) is 0 Å². The molecule has 1 aromatic heterocycles. The van der Waals surface area contributed by atoms with E-state index in [-0.39, 0.29) is 11.9 Å². The van der Waals surface area contributed by atoms with Crippen LogP contribution >= 0.6 is 11.5 Å². The van der Waals surface area contributed by atoms with E-state index in [9.17, 15) is 4.79 Å². The van der Waals surface area contributed by atoms with Crippen LogP contribution in [-0.4, -0.2) is 34.6 Å². The maximum Gasteiger partial charge on any atom is 0.265 e. The largest absolute Gasteiger partial charge is 0.347 e. The molecule has 1 fully saturated rings. The van der Waals surface area contributed by atoms with Gasteiger partial charge >= 0.3 is 0 Å². The lowest BCUT2D eigenvalue weighted by Crippen LogP contribution is -2.36. The quantitative estimate of drug-likeness (QED) is 0.772. The third-order valence-corrected chi connectivity index (χ3v) is 3.26. The monoisotopic (exact) mass is 226 g/mol. The average Bonchev–Trinajstić information content (AvgIpc) is 2.86. The van der Waals surface area contributed by atoms with Crippen molar-refractivity contribution in [1.29, 1.82) is 0 Å². The number of rotatable bonds is 3. The van der Waals surface area contributed by atoms with E-state index in [2.05, 4.69) is 20.2 Å². The number of aryl methyl sites for hydroxylation is 1. The fourth-order valence-electron chi connectivity index (χ4n) is 1.64. The summed E-state index contributed by atoms with van der Waals surface area (Å²) in [7, 11) is 0. The first-order valence-corrected chi connectivity index (χ1v) is 5.91. The first-order chi connectivity index (χ1) is 7.31. The van der Waals surface area contributed by atoms with Gasteiger partial charge in [0.15, 0.2) is 0 Å². The summed E-state index contributed by atoms with van der Waals surface area (Å²) in [5.74, 6) is -0.0319. The van der Waals surface area contributed by atoms with Crippen LogP contribution in [0.25, 0.3) is 0 Å². The van der Waals surface area contributed by atoms with E-state index in [1.54, 1.807) is 0 Å². The van der Waals surface area contributed by atoms with Crippen LogP contribution in [0.1, 0.15) is 28.7 Å². The van der Waals surface area contributed by atoms with Crippen LogP contribution in [0.4, 0.5) is 0 Å². The van der Waals surface area contributed by atoms with Gasteiger partial charge in [-0.1, -0.05) is 11.4 Å². The van der Waals surface area contributed by atoms with Gasteiger partial charge in [0.05, 0.1) is 5.69 Å². The van der Waals surface area contributed by atoms with Gasteiger partial charge in [-0.2, -0.15) is 0 Å². The molecule has 5 nitrogen and oxygen atoms in total. The number of nitrogens with one attached hydrogen (secondary N) is 2. The van der Waals surface area contributed by atoms with Gasteiger partial charge in [0.1, 0.15) is 4.88 Å². The van der Waals surface area contributed by atoms with E-state index in [0.29, 0.717) is 4.88 Å². The Kier molecular flexibility index (Phi) is 3.27. The van der Waals surface area contributed by atoms with Gasteiger partial charge in [-0.3, -0.25) is 4.79 Å². The zero-order valence-corrected chi connectivity index (χ0v) is 9.43. The van der Waals surface area contributed by atoms with E-state index in [1.165, 1.54) is 11.5 Å². The van der Waals surface area contributed by atoms with E-state index in [0.717, 1.165) is 31.6 Å². The number of aromatic nitrogens is 2. The number of carbonyl (C=O) groups is 1. The Bertz CT molecular complexity index is 346. The van der Waals surface area contributed by atoms with Crippen molar-refractivity contribution in [3.63, 3.8) is 0 Å². The number of hydrogen-bond donors (Lipinski definition) is 2. The lowest BCUT2D eigenvalue weighted by molar-refractivity contribution is 0.0943. The first-order valence-electron chi connectivity index (χ1n) is 5.14. The van der Waals surface area contributed by atoms with E-state index in [4.69, 9.17) is 0 Å². The van der Waals surface area contributed by atoms with Crippen molar-refractivity contribution in [2.45, 2.75) is 25.8 Å². The summed E-state index contributed by atoms with van der Waals surface area (Å²) in [6, 6.07) is 0.254.